The molecule has 4 rings (SSSR count). The molecule has 22 heavy (non-hydrogen) atoms. The van der Waals surface area contributed by atoms with Gasteiger partial charge in [0.05, 0.1) is 17.6 Å². The van der Waals surface area contributed by atoms with Crippen LogP contribution < -0.4 is 4.90 Å². The molecular weight excluding hydrogens is 294 g/mol. The van der Waals surface area contributed by atoms with Crippen LogP contribution in [-0.2, 0) is 17.6 Å². The normalized spacial score (nSPS) is 25.5. The second-order valence-corrected chi connectivity index (χ2v) is 7.73. The van der Waals surface area contributed by atoms with Crippen LogP contribution in [0.15, 0.2) is 0 Å². The van der Waals surface area contributed by atoms with Gasteiger partial charge in [0.2, 0.25) is 0 Å². The number of thiophene rings is 1. The van der Waals surface area contributed by atoms with E-state index in [1.54, 1.807) is 0 Å². The standard InChI is InChI=1S/C17H23N3OS/c1-10-8-20(9-11(2)21-10)16-15-13-6-4-5-7-14(13)22-17(15)19-12(3)18-16/h10-11H,4-9H2,1-3H3. The van der Waals surface area contributed by atoms with Crippen LogP contribution in [0, 0.1) is 6.92 Å². The fraction of sp³-hybridized carbons (Fsp3) is 0.647. The summed E-state index contributed by atoms with van der Waals surface area (Å²) in [7, 11) is 0. The summed E-state index contributed by atoms with van der Waals surface area (Å²) >= 11 is 1.88. The first-order valence-electron chi connectivity index (χ1n) is 8.31. The molecule has 0 N–H and O–H groups in total. The Morgan fingerprint density at radius 2 is 1.82 bits per heavy atom. The molecule has 1 aliphatic carbocycles. The van der Waals surface area contributed by atoms with E-state index in [4.69, 9.17) is 14.7 Å². The first-order valence-corrected chi connectivity index (χ1v) is 9.12. The lowest BCUT2D eigenvalue weighted by Gasteiger charge is -2.36. The molecule has 1 fully saturated rings. The van der Waals surface area contributed by atoms with Gasteiger partial charge < -0.3 is 9.64 Å². The zero-order chi connectivity index (χ0) is 15.3. The molecule has 0 bridgehead atoms. The second kappa shape index (κ2) is 5.46. The summed E-state index contributed by atoms with van der Waals surface area (Å²) in [5, 5.41) is 1.33. The number of fused-ring (bicyclic) bond motifs is 3. The third-order valence-corrected chi connectivity index (χ3v) is 5.81. The molecule has 2 aliphatic rings. The highest BCUT2D eigenvalue weighted by Gasteiger charge is 2.28. The Hall–Kier alpha value is -1.20. The molecule has 2 unspecified atom stereocenters. The highest BCUT2D eigenvalue weighted by atomic mass is 32.1. The largest absolute Gasteiger partial charge is 0.372 e. The molecule has 1 aliphatic heterocycles. The van der Waals surface area contributed by atoms with Crippen LogP contribution >= 0.6 is 11.3 Å². The molecule has 2 atom stereocenters. The van der Waals surface area contributed by atoms with Gasteiger partial charge in [0, 0.05) is 18.0 Å². The van der Waals surface area contributed by atoms with Crippen LogP contribution in [0.2, 0.25) is 0 Å². The number of anilines is 1. The van der Waals surface area contributed by atoms with E-state index in [1.807, 2.05) is 18.3 Å². The van der Waals surface area contributed by atoms with E-state index >= 15 is 0 Å². The molecule has 2 aromatic rings. The minimum absolute atomic E-state index is 0.253. The number of nitrogens with zero attached hydrogens (tertiary/aromatic N) is 3. The summed E-state index contributed by atoms with van der Waals surface area (Å²) in [5.74, 6) is 2.02. The average Bonchev–Trinajstić information content (AvgIpc) is 2.83. The fourth-order valence-corrected chi connectivity index (χ4v) is 5.12. The van der Waals surface area contributed by atoms with Gasteiger partial charge >= 0.3 is 0 Å². The van der Waals surface area contributed by atoms with Gasteiger partial charge in [-0.3, -0.25) is 0 Å². The van der Waals surface area contributed by atoms with E-state index < -0.39 is 0 Å². The van der Waals surface area contributed by atoms with E-state index in [0.717, 1.165) is 24.7 Å². The van der Waals surface area contributed by atoms with E-state index in [0.29, 0.717) is 0 Å². The molecule has 1 saturated heterocycles. The molecule has 0 saturated carbocycles. The lowest BCUT2D eigenvalue weighted by atomic mass is 9.96. The minimum Gasteiger partial charge on any atom is -0.372 e. The molecule has 4 nitrogen and oxygen atoms in total. The van der Waals surface area contributed by atoms with Crippen molar-refractivity contribution in [2.24, 2.45) is 0 Å². The number of ether oxygens (including phenoxy) is 1. The number of hydrogen-bond acceptors (Lipinski definition) is 5. The summed E-state index contributed by atoms with van der Waals surface area (Å²) in [4.78, 5) is 14.7. The Morgan fingerprint density at radius 1 is 1.09 bits per heavy atom. The van der Waals surface area contributed by atoms with Gasteiger partial charge in [-0.1, -0.05) is 0 Å². The van der Waals surface area contributed by atoms with Gasteiger partial charge in [-0.05, 0) is 52.0 Å². The highest BCUT2D eigenvalue weighted by molar-refractivity contribution is 7.19. The van der Waals surface area contributed by atoms with Gasteiger partial charge in [-0.15, -0.1) is 11.3 Å². The highest BCUT2D eigenvalue weighted by Crippen LogP contribution is 2.40. The van der Waals surface area contributed by atoms with E-state index in [1.165, 1.54) is 46.3 Å². The average molecular weight is 317 g/mol. The predicted molar refractivity (Wildman–Crippen MR) is 91.0 cm³/mol. The van der Waals surface area contributed by atoms with Crippen molar-refractivity contribution in [2.75, 3.05) is 18.0 Å². The Labute approximate surface area is 135 Å². The van der Waals surface area contributed by atoms with Gasteiger partial charge in [0.1, 0.15) is 16.5 Å². The predicted octanol–water partition coefficient (Wildman–Crippen LogP) is 3.49. The maximum atomic E-state index is 5.89. The number of morpholine rings is 1. The molecule has 5 heteroatoms. The van der Waals surface area contributed by atoms with Crippen molar-refractivity contribution in [2.45, 2.75) is 58.7 Å². The second-order valence-electron chi connectivity index (χ2n) is 6.65. The zero-order valence-electron chi connectivity index (χ0n) is 13.6. The maximum Gasteiger partial charge on any atom is 0.141 e. The molecule has 2 aromatic heterocycles. The number of hydrogen-bond donors (Lipinski definition) is 0. The molecule has 0 spiro atoms. The summed E-state index contributed by atoms with van der Waals surface area (Å²) in [5.41, 5.74) is 1.52. The number of rotatable bonds is 1. The van der Waals surface area contributed by atoms with Gasteiger partial charge in [0.15, 0.2) is 0 Å². The van der Waals surface area contributed by atoms with E-state index in [9.17, 15) is 0 Å². The summed E-state index contributed by atoms with van der Waals surface area (Å²) < 4.78 is 5.89. The molecule has 3 heterocycles. The van der Waals surface area contributed by atoms with Crippen molar-refractivity contribution < 1.29 is 4.74 Å². The first-order chi connectivity index (χ1) is 10.6. The minimum atomic E-state index is 0.253. The van der Waals surface area contributed by atoms with E-state index in [2.05, 4.69) is 18.7 Å². The Bertz CT molecular complexity index is 701. The number of aryl methyl sites for hydroxylation is 3. The monoisotopic (exact) mass is 317 g/mol. The van der Waals surface area contributed by atoms with Crippen LogP contribution in [0.25, 0.3) is 10.2 Å². The molecule has 0 amide bonds. The third kappa shape index (κ3) is 2.40. The van der Waals surface area contributed by atoms with Crippen LogP contribution in [-0.4, -0.2) is 35.3 Å². The summed E-state index contributed by atoms with van der Waals surface area (Å²) in [6.07, 6.45) is 5.51. The Kier molecular flexibility index (Phi) is 3.57. The van der Waals surface area contributed by atoms with Gasteiger partial charge in [-0.25, -0.2) is 9.97 Å². The summed E-state index contributed by atoms with van der Waals surface area (Å²) in [6, 6.07) is 0. The lowest BCUT2D eigenvalue weighted by Crippen LogP contribution is -2.46. The van der Waals surface area contributed by atoms with E-state index in [-0.39, 0.29) is 12.2 Å². The van der Waals surface area contributed by atoms with Crippen molar-refractivity contribution in [1.82, 2.24) is 9.97 Å². The third-order valence-electron chi connectivity index (χ3n) is 4.63. The first kappa shape index (κ1) is 14.4. The molecule has 0 aromatic carbocycles. The summed E-state index contributed by atoms with van der Waals surface area (Å²) in [6.45, 7) is 8.14. The van der Waals surface area contributed by atoms with Crippen molar-refractivity contribution in [3.05, 3.63) is 16.3 Å². The topological polar surface area (TPSA) is 38.2 Å². The quantitative estimate of drug-likeness (QED) is 0.807. The van der Waals surface area contributed by atoms with Crippen LogP contribution in [0.4, 0.5) is 5.82 Å². The van der Waals surface area contributed by atoms with Gasteiger partial charge in [-0.2, -0.15) is 0 Å². The van der Waals surface area contributed by atoms with Crippen molar-refractivity contribution >= 4 is 27.4 Å². The lowest BCUT2D eigenvalue weighted by molar-refractivity contribution is -0.00538. The van der Waals surface area contributed by atoms with Crippen molar-refractivity contribution in [3.63, 3.8) is 0 Å². The fourth-order valence-electron chi connectivity index (χ4n) is 3.82. The maximum absolute atomic E-state index is 5.89. The molecule has 0 radical (unpaired) electrons. The van der Waals surface area contributed by atoms with Crippen molar-refractivity contribution in [3.8, 4) is 0 Å². The number of aromatic nitrogens is 2. The smallest absolute Gasteiger partial charge is 0.141 e. The Morgan fingerprint density at radius 3 is 2.59 bits per heavy atom. The SMILES string of the molecule is Cc1nc(N2CC(C)OC(C)C2)c2c3c(sc2n1)CCCC3. The molecule has 118 valence electrons. The van der Waals surface area contributed by atoms with Gasteiger partial charge in [0.25, 0.3) is 0 Å². The Balaban J connectivity index is 1.87. The van der Waals surface area contributed by atoms with Crippen LogP contribution in [0.3, 0.4) is 0 Å². The zero-order valence-corrected chi connectivity index (χ0v) is 14.4. The van der Waals surface area contributed by atoms with Crippen LogP contribution in [0.1, 0.15) is 43.0 Å². The van der Waals surface area contributed by atoms with Crippen LogP contribution in [0.5, 0.6) is 0 Å². The van der Waals surface area contributed by atoms with Crippen molar-refractivity contribution in [1.29, 1.82) is 0 Å². The molecular formula is C17H23N3OS.